The first-order chi connectivity index (χ1) is 12.2. The monoisotopic (exact) mass is 349 g/mol. The van der Waals surface area contributed by atoms with Crippen LogP contribution in [0.5, 0.6) is 0 Å². The number of amides is 3. The molecule has 25 heavy (non-hydrogen) atoms. The Hall–Kier alpha value is -1.30. The van der Waals surface area contributed by atoms with Crippen LogP contribution in [0, 0.1) is 5.92 Å². The normalized spacial score (nSPS) is 36.6. The van der Waals surface area contributed by atoms with Crippen LogP contribution >= 0.6 is 0 Å². The van der Waals surface area contributed by atoms with Crippen LogP contribution in [-0.2, 0) is 9.53 Å². The molecule has 3 saturated heterocycles. The minimum Gasteiger partial charge on any atom is -0.376 e. The van der Waals surface area contributed by atoms with Crippen molar-refractivity contribution in [2.45, 2.75) is 88.4 Å². The molecular formula is C19H31N3O3. The minimum atomic E-state index is -0.0814. The van der Waals surface area contributed by atoms with Crippen LogP contribution in [-0.4, -0.2) is 54.2 Å². The Kier molecular flexibility index (Phi) is 5.15. The zero-order valence-electron chi connectivity index (χ0n) is 15.0. The molecule has 6 heteroatoms. The second-order valence-corrected chi connectivity index (χ2v) is 8.19. The fourth-order valence-corrected chi connectivity index (χ4v) is 5.13. The first-order valence-electron chi connectivity index (χ1n) is 10.2. The van der Waals surface area contributed by atoms with Gasteiger partial charge in [-0.25, -0.2) is 4.79 Å². The summed E-state index contributed by atoms with van der Waals surface area (Å²) in [6.45, 7) is 1.63. The van der Waals surface area contributed by atoms with Gasteiger partial charge in [0.1, 0.15) is 0 Å². The number of hydrogen-bond donors (Lipinski definition) is 2. The summed E-state index contributed by atoms with van der Waals surface area (Å²) in [5, 5.41) is 6.30. The van der Waals surface area contributed by atoms with Crippen LogP contribution in [0.4, 0.5) is 4.79 Å². The van der Waals surface area contributed by atoms with Gasteiger partial charge in [0.15, 0.2) is 0 Å². The van der Waals surface area contributed by atoms with Crippen LogP contribution in [0.25, 0.3) is 0 Å². The lowest BCUT2D eigenvalue weighted by atomic mass is 9.79. The van der Waals surface area contributed by atoms with E-state index in [0.29, 0.717) is 24.8 Å². The Morgan fingerprint density at radius 3 is 2.60 bits per heavy atom. The smallest absolute Gasteiger partial charge is 0.317 e. The number of rotatable bonds is 3. The van der Waals surface area contributed by atoms with Gasteiger partial charge in [-0.15, -0.1) is 0 Å². The van der Waals surface area contributed by atoms with Gasteiger partial charge < -0.3 is 20.3 Å². The second kappa shape index (κ2) is 7.52. The third-order valence-electron chi connectivity index (χ3n) is 6.64. The Balaban J connectivity index is 1.36. The number of urea groups is 1. The molecule has 4 fully saturated rings. The van der Waals surface area contributed by atoms with E-state index >= 15 is 0 Å². The zero-order valence-corrected chi connectivity index (χ0v) is 15.0. The number of nitrogens with zero attached hydrogens (tertiary/aromatic N) is 1. The van der Waals surface area contributed by atoms with Crippen LogP contribution in [0.2, 0.25) is 0 Å². The topological polar surface area (TPSA) is 70.7 Å². The van der Waals surface area contributed by atoms with Gasteiger partial charge in [0.2, 0.25) is 5.91 Å². The summed E-state index contributed by atoms with van der Waals surface area (Å²) < 4.78 is 5.79. The average molecular weight is 349 g/mol. The number of likely N-dealkylation sites (tertiary alicyclic amines) is 1. The summed E-state index contributed by atoms with van der Waals surface area (Å²) in [7, 11) is 0. The molecule has 0 aromatic carbocycles. The molecule has 0 aromatic rings. The molecule has 0 aromatic heterocycles. The molecule has 4 aliphatic rings. The van der Waals surface area contributed by atoms with E-state index < -0.39 is 0 Å². The van der Waals surface area contributed by atoms with Crippen LogP contribution in [0.1, 0.15) is 64.2 Å². The molecule has 6 nitrogen and oxygen atoms in total. The number of carbonyl (C=O) groups excluding carboxylic acids is 2. The van der Waals surface area contributed by atoms with Gasteiger partial charge in [0, 0.05) is 25.6 Å². The van der Waals surface area contributed by atoms with Gasteiger partial charge in [-0.2, -0.15) is 0 Å². The number of carbonyl (C=O) groups is 2. The van der Waals surface area contributed by atoms with Gasteiger partial charge in [0.25, 0.3) is 0 Å². The van der Waals surface area contributed by atoms with Crippen LogP contribution in [0.15, 0.2) is 0 Å². The fraction of sp³-hybridized carbons (Fsp3) is 0.895. The van der Waals surface area contributed by atoms with Gasteiger partial charge in [0.05, 0.1) is 18.2 Å². The molecule has 3 amide bonds. The highest BCUT2D eigenvalue weighted by Gasteiger charge is 2.42. The summed E-state index contributed by atoms with van der Waals surface area (Å²) in [6, 6.07) is 0.397. The van der Waals surface area contributed by atoms with Crippen molar-refractivity contribution in [1.29, 1.82) is 0 Å². The van der Waals surface area contributed by atoms with Crippen molar-refractivity contribution in [3.05, 3.63) is 0 Å². The highest BCUT2D eigenvalue weighted by molar-refractivity contribution is 5.79. The zero-order chi connectivity index (χ0) is 17.2. The highest BCUT2D eigenvalue weighted by atomic mass is 16.5. The van der Waals surface area contributed by atoms with Crippen molar-refractivity contribution in [2.24, 2.45) is 5.92 Å². The molecule has 0 radical (unpaired) electrons. The third-order valence-corrected chi connectivity index (χ3v) is 6.64. The van der Waals surface area contributed by atoms with Gasteiger partial charge >= 0.3 is 6.03 Å². The van der Waals surface area contributed by atoms with Crippen molar-refractivity contribution in [3.8, 4) is 0 Å². The van der Waals surface area contributed by atoms with Gasteiger partial charge in [-0.3, -0.25) is 4.79 Å². The average Bonchev–Trinajstić information content (AvgIpc) is 3.11. The second-order valence-electron chi connectivity index (χ2n) is 8.19. The largest absolute Gasteiger partial charge is 0.376 e. The first-order valence-corrected chi connectivity index (χ1v) is 10.2. The summed E-state index contributed by atoms with van der Waals surface area (Å²) in [5.41, 5.74) is 0. The van der Waals surface area contributed by atoms with E-state index in [2.05, 4.69) is 10.6 Å². The number of piperidine rings is 1. The quantitative estimate of drug-likeness (QED) is 0.820. The van der Waals surface area contributed by atoms with E-state index in [-0.39, 0.29) is 30.1 Å². The van der Waals surface area contributed by atoms with Gasteiger partial charge in [-0.05, 0) is 44.4 Å². The minimum absolute atomic E-state index is 0.0131. The molecule has 3 aliphatic heterocycles. The lowest BCUT2D eigenvalue weighted by Crippen LogP contribution is -2.64. The predicted octanol–water partition coefficient (Wildman–Crippen LogP) is 2.18. The maximum absolute atomic E-state index is 12.8. The summed E-state index contributed by atoms with van der Waals surface area (Å²) in [6.07, 6.45) is 10.9. The maximum atomic E-state index is 12.8. The van der Waals surface area contributed by atoms with E-state index in [1.54, 1.807) is 0 Å². The lowest BCUT2D eigenvalue weighted by molar-refractivity contribution is -0.125. The van der Waals surface area contributed by atoms with E-state index in [0.717, 1.165) is 32.4 Å². The van der Waals surface area contributed by atoms with E-state index in [9.17, 15) is 9.59 Å². The van der Waals surface area contributed by atoms with Gasteiger partial charge in [-0.1, -0.05) is 19.3 Å². The van der Waals surface area contributed by atoms with Crippen molar-refractivity contribution < 1.29 is 14.3 Å². The Bertz CT molecular complexity index is 500. The van der Waals surface area contributed by atoms with Crippen molar-refractivity contribution in [2.75, 3.05) is 13.2 Å². The molecule has 1 saturated carbocycles. The Morgan fingerprint density at radius 1 is 1.08 bits per heavy atom. The summed E-state index contributed by atoms with van der Waals surface area (Å²) in [5.74, 6) is 0.767. The molecule has 4 atom stereocenters. The molecule has 4 rings (SSSR count). The predicted molar refractivity (Wildman–Crippen MR) is 94.1 cm³/mol. The van der Waals surface area contributed by atoms with E-state index in [1.165, 1.54) is 32.1 Å². The molecule has 4 unspecified atom stereocenters. The Morgan fingerprint density at radius 2 is 1.92 bits per heavy atom. The molecular weight excluding hydrogens is 318 g/mol. The number of ether oxygens (including phenoxy) is 1. The molecule has 140 valence electrons. The molecule has 2 N–H and O–H groups in total. The maximum Gasteiger partial charge on any atom is 0.317 e. The third kappa shape index (κ3) is 3.64. The molecule has 1 aliphatic carbocycles. The summed E-state index contributed by atoms with van der Waals surface area (Å²) >= 11 is 0. The van der Waals surface area contributed by atoms with Crippen LogP contribution < -0.4 is 10.6 Å². The van der Waals surface area contributed by atoms with Crippen molar-refractivity contribution in [1.82, 2.24) is 15.5 Å². The van der Waals surface area contributed by atoms with Crippen molar-refractivity contribution in [3.63, 3.8) is 0 Å². The standard InChI is InChI=1S/C19H31N3O3/c23-17-9-8-14(18(21-17)16-7-4-12-25-16)20-19(24)22-11-10-15(22)13-5-2-1-3-6-13/h13-16,18H,1-12H2,(H,20,24)(H,21,23). The SMILES string of the molecule is O=C1CCC(NC(=O)N2CCC2C2CCCCC2)C(C2CCCO2)N1. The van der Waals surface area contributed by atoms with Crippen molar-refractivity contribution >= 4 is 11.9 Å². The fourth-order valence-electron chi connectivity index (χ4n) is 5.13. The van der Waals surface area contributed by atoms with Crippen LogP contribution in [0.3, 0.4) is 0 Å². The summed E-state index contributed by atoms with van der Waals surface area (Å²) in [4.78, 5) is 26.7. The number of hydrogen-bond acceptors (Lipinski definition) is 3. The highest BCUT2D eigenvalue weighted by Crippen LogP contribution is 2.35. The van der Waals surface area contributed by atoms with E-state index in [4.69, 9.17) is 4.74 Å². The molecule has 3 heterocycles. The van der Waals surface area contributed by atoms with E-state index in [1.807, 2.05) is 4.90 Å². The Labute approximate surface area is 150 Å². The lowest BCUT2D eigenvalue weighted by Gasteiger charge is -2.47. The number of nitrogens with one attached hydrogen (secondary N) is 2. The first kappa shape index (κ1) is 17.1. The molecule has 0 bridgehead atoms. The molecule has 0 spiro atoms.